The molecule has 6 rings (SSSR count). The maximum Gasteiger partial charge on any atom is 0.331 e. The van der Waals surface area contributed by atoms with Crippen molar-refractivity contribution in [1.29, 1.82) is 0 Å². The van der Waals surface area contributed by atoms with E-state index < -0.39 is 6.03 Å². The second-order valence-electron chi connectivity index (χ2n) is 9.57. The number of rotatable bonds is 6. The number of nitrogens with one attached hydrogen (secondary N) is 3. The third-order valence-corrected chi connectivity index (χ3v) is 8.01. The lowest BCUT2D eigenvalue weighted by Crippen LogP contribution is -2.48. The molecule has 4 aromatic rings. The summed E-state index contributed by atoms with van der Waals surface area (Å²) < 4.78 is 5.85. The number of urea groups is 1. The number of amides is 4. The van der Waals surface area contributed by atoms with Gasteiger partial charge in [0.2, 0.25) is 11.8 Å². The maximum absolute atomic E-state index is 13.5. The number of ether oxygens (including phenoxy) is 1. The average Bonchev–Trinajstić information content (AvgIpc) is 3.50. The highest BCUT2D eigenvalue weighted by Gasteiger charge is 2.35. The molecule has 3 aromatic heterocycles. The number of pyridine rings is 2. The second-order valence-corrected chi connectivity index (χ2v) is 10.6. The van der Waals surface area contributed by atoms with Gasteiger partial charge in [0.05, 0.1) is 28.1 Å². The number of thiophene rings is 1. The minimum atomic E-state index is -0.402. The van der Waals surface area contributed by atoms with Crippen LogP contribution < -0.4 is 25.6 Å². The van der Waals surface area contributed by atoms with Crippen LogP contribution in [0.4, 0.5) is 21.9 Å². The SMILES string of the molecule is CC(=O)N[C@H]1CCCC1NC(=O)c1sc2nccc3c2c1NC(=O)N3c1ccc(Oc2ccccc2)nc1C. The molecular formula is C28H26N6O4S. The smallest absolute Gasteiger partial charge is 0.331 e. The van der Waals surface area contributed by atoms with Gasteiger partial charge >= 0.3 is 6.03 Å². The highest BCUT2D eigenvalue weighted by molar-refractivity contribution is 7.21. The lowest BCUT2D eigenvalue weighted by Gasteiger charge is -2.29. The average molecular weight is 543 g/mol. The van der Waals surface area contributed by atoms with Gasteiger partial charge in [-0.1, -0.05) is 18.2 Å². The minimum absolute atomic E-state index is 0.111. The quantitative estimate of drug-likeness (QED) is 0.305. The standard InChI is InChI=1S/C28H26N6O4S/c1-15-20(11-12-22(30-15)38-17-7-4-3-5-8-17)34-21-13-14-29-27-23(21)24(33-28(34)37)25(39-27)26(36)32-19-10-6-9-18(19)31-16(2)35/h3-5,7-8,11-14,18-19H,6,9-10H2,1-2H3,(H,31,35)(H,32,36)(H,33,37)/t18-,19?/m0/s1. The number of aromatic nitrogens is 2. The molecule has 39 heavy (non-hydrogen) atoms. The van der Waals surface area contributed by atoms with Gasteiger partial charge in [-0.05, 0) is 50.5 Å². The van der Waals surface area contributed by atoms with Crippen molar-refractivity contribution in [3.8, 4) is 11.6 Å². The molecule has 0 saturated heterocycles. The summed E-state index contributed by atoms with van der Waals surface area (Å²) >= 11 is 1.23. The number of benzene rings is 1. The Morgan fingerprint density at radius 3 is 2.56 bits per heavy atom. The second kappa shape index (κ2) is 9.99. The Bertz CT molecular complexity index is 1600. The van der Waals surface area contributed by atoms with Crippen LogP contribution in [0.1, 0.15) is 41.6 Å². The molecule has 0 bridgehead atoms. The predicted octanol–water partition coefficient (Wildman–Crippen LogP) is 5.26. The van der Waals surface area contributed by atoms with Gasteiger partial charge in [0.1, 0.15) is 15.5 Å². The molecule has 1 saturated carbocycles. The molecule has 2 aliphatic rings. The first kappa shape index (κ1) is 24.8. The van der Waals surface area contributed by atoms with Crippen molar-refractivity contribution < 1.29 is 19.1 Å². The van der Waals surface area contributed by atoms with Gasteiger partial charge in [-0.2, -0.15) is 0 Å². The van der Waals surface area contributed by atoms with Crippen LogP contribution in [0.3, 0.4) is 0 Å². The van der Waals surface area contributed by atoms with E-state index in [1.54, 1.807) is 29.3 Å². The molecule has 1 aromatic carbocycles. The predicted molar refractivity (Wildman–Crippen MR) is 149 cm³/mol. The zero-order valence-corrected chi connectivity index (χ0v) is 22.2. The van der Waals surface area contributed by atoms with Crippen molar-refractivity contribution in [2.24, 2.45) is 0 Å². The Labute approximate surface area is 228 Å². The number of carbonyl (C=O) groups is 3. The number of hydrogen-bond donors (Lipinski definition) is 3. The molecule has 10 nitrogen and oxygen atoms in total. The van der Waals surface area contributed by atoms with Crippen LogP contribution in [0.25, 0.3) is 10.2 Å². The lowest BCUT2D eigenvalue weighted by atomic mass is 10.1. The van der Waals surface area contributed by atoms with E-state index >= 15 is 0 Å². The van der Waals surface area contributed by atoms with Crippen molar-refractivity contribution in [1.82, 2.24) is 20.6 Å². The summed E-state index contributed by atoms with van der Waals surface area (Å²) in [6.07, 6.45) is 4.13. The van der Waals surface area contributed by atoms with Crippen molar-refractivity contribution in [3.63, 3.8) is 0 Å². The summed E-state index contributed by atoms with van der Waals surface area (Å²) in [7, 11) is 0. The molecule has 1 aliphatic heterocycles. The number of hydrogen-bond acceptors (Lipinski definition) is 7. The Hall–Kier alpha value is -4.51. The fraction of sp³-hybridized carbons (Fsp3) is 0.250. The fourth-order valence-electron chi connectivity index (χ4n) is 5.22. The third kappa shape index (κ3) is 4.65. The highest BCUT2D eigenvalue weighted by atomic mass is 32.1. The van der Waals surface area contributed by atoms with Crippen molar-refractivity contribution in [3.05, 3.63) is 65.3 Å². The molecule has 198 valence electrons. The molecular weight excluding hydrogens is 516 g/mol. The minimum Gasteiger partial charge on any atom is -0.439 e. The van der Waals surface area contributed by atoms with E-state index in [4.69, 9.17) is 4.74 Å². The molecule has 0 radical (unpaired) electrons. The van der Waals surface area contributed by atoms with E-state index in [-0.39, 0.29) is 23.9 Å². The summed E-state index contributed by atoms with van der Waals surface area (Å²) in [6.45, 7) is 3.29. The topological polar surface area (TPSA) is 126 Å². The van der Waals surface area contributed by atoms with Gasteiger partial charge in [-0.25, -0.2) is 14.8 Å². The lowest BCUT2D eigenvalue weighted by molar-refractivity contribution is -0.119. The molecule has 1 aliphatic carbocycles. The van der Waals surface area contributed by atoms with E-state index in [1.807, 2.05) is 37.3 Å². The number of anilines is 3. The van der Waals surface area contributed by atoms with Gasteiger partial charge < -0.3 is 20.7 Å². The van der Waals surface area contributed by atoms with Gasteiger partial charge in [-0.3, -0.25) is 14.5 Å². The molecule has 4 heterocycles. The number of aryl methyl sites for hydroxylation is 1. The summed E-state index contributed by atoms with van der Waals surface area (Å²) in [5.74, 6) is 0.664. The van der Waals surface area contributed by atoms with Gasteiger partial charge in [0, 0.05) is 31.3 Å². The summed E-state index contributed by atoms with van der Waals surface area (Å²) in [5.41, 5.74) is 2.26. The van der Waals surface area contributed by atoms with E-state index in [0.29, 0.717) is 49.5 Å². The monoisotopic (exact) mass is 542 g/mol. The molecule has 11 heteroatoms. The van der Waals surface area contributed by atoms with Crippen LogP contribution in [-0.4, -0.2) is 39.9 Å². The van der Waals surface area contributed by atoms with E-state index in [9.17, 15) is 14.4 Å². The van der Waals surface area contributed by atoms with Crippen LogP contribution in [0.2, 0.25) is 0 Å². The van der Waals surface area contributed by atoms with Crippen LogP contribution in [0.5, 0.6) is 11.6 Å². The first-order chi connectivity index (χ1) is 18.9. The number of carbonyl (C=O) groups excluding carboxylic acids is 3. The fourth-order valence-corrected chi connectivity index (χ4v) is 6.24. The molecule has 0 spiro atoms. The van der Waals surface area contributed by atoms with Crippen molar-refractivity contribution in [2.45, 2.75) is 45.2 Å². The summed E-state index contributed by atoms with van der Waals surface area (Å²) in [4.78, 5) is 50.1. The van der Waals surface area contributed by atoms with E-state index in [2.05, 4.69) is 25.9 Å². The Kier molecular flexibility index (Phi) is 6.35. The zero-order chi connectivity index (χ0) is 27.1. The normalized spacial score (nSPS) is 18.1. The Balaban J connectivity index is 1.31. The van der Waals surface area contributed by atoms with Gasteiger partial charge in [0.25, 0.3) is 5.91 Å². The number of para-hydroxylation sites is 1. The van der Waals surface area contributed by atoms with E-state index in [0.717, 1.165) is 19.3 Å². The molecule has 4 amide bonds. The van der Waals surface area contributed by atoms with Gasteiger partial charge in [0.15, 0.2) is 0 Å². The van der Waals surface area contributed by atoms with Crippen molar-refractivity contribution in [2.75, 3.05) is 10.2 Å². The zero-order valence-electron chi connectivity index (χ0n) is 21.4. The van der Waals surface area contributed by atoms with Crippen LogP contribution in [0.15, 0.2) is 54.7 Å². The van der Waals surface area contributed by atoms with Crippen LogP contribution in [0, 0.1) is 6.92 Å². The Morgan fingerprint density at radius 2 is 1.82 bits per heavy atom. The molecule has 2 atom stereocenters. The maximum atomic E-state index is 13.5. The number of nitrogens with zero attached hydrogens (tertiary/aromatic N) is 3. The van der Waals surface area contributed by atoms with Gasteiger partial charge in [-0.15, -0.1) is 11.3 Å². The van der Waals surface area contributed by atoms with E-state index in [1.165, 1.54) is 18.3 Å². The van der Waals surface area contributed by atoms with Crippen LogP contribution >= 0.6 is 11.3 Å². The van der Waals surface area contributed by atoms with Crippen molar-refractivity contribution >= 4 is 56.5 Å². The third-order valence-electron chi connectivity index (χ3n) is 6.91. The first-order valence-corrected chi connectivity index (χ1v) is 13.5. The summed E-state index contributed by atoms with van der Waals surface area (Å²) in [6, 6.07) is 13.9. The summed E-state index contributed by atoms with van der Waals surface area (Å²) in [5, 5.41) is 9.60. The van der Waals surface area contributed by atoms with Crippen LogP contribution in [-0.2, 0) is 4.79 Å². The first-order valence-electron chi connectivity index (χ1n) is 12.7. The molecule has 3 N–H and O–H groups in total. The largest absolute Gasteiger partial charge is 0.439 e. The molecule has 1 unspecified atom stereocenters. The highest BCUT2D eigenvalue weighted by Crippen LogP contribution is 2.46. The molecule has 1 fully saturated rings. The Morgan fingerprint density at radius 1 is 1.05 bits per heavy atom.